The van der Waals surface area contributed by atoms with E-state index in [-0.39, 0.29) is 5.91 Å². The first-order chi connectivity index (χ1) is 11.7. The van der Waals surface area contributed by atoms with Crippen molar-refractivity contribution < 1.29 is 4.79 Å². The van der Waals surface area contributed by atoms with Crippen LogP contribution in [0.5, 0.6) is 0 Å². The van der Waals surface area contributed by atoms with Crippen LogP contribution in [-0.2, 0) is 6.54 Å². The molecular formula is C18H16ClN3OS. The molecule has 0 radical (unpaired) electrons. The van der Waals surface area contributed by atoms with Crippen molar-refractivity contribution in [3.63, 3.8) is 0 Å². The minimum atomic E-state index is -0.263. The Morgan fingerprint density at radius 3 is 2.62 bits per heavy atom. The van der Waals surface area contributed by atoms with Gasteiger partial charge in [-0.3, -0.25) is 9.48 Å². The Labute approximate surface area is 149 Å². The van der Waals surface area contributed by atoms with Crippen LogP contribution < -0.4 is 5.32 Å². The summed E-state index contributed by atoms with van der Waals surface area (Å²) in [6.07, 6.45) is 1.49. The number of rotatable bonds is 5. The van der Waals surface area contributed by atoms with Crippen molar-refractivity contribution in [2.45, 2.75) is 23.3 Å². The van der Waals surface area contributed by atoms with Gasteiger partial charge >= 0.3 is 0 Å². The molecule has 1 aromatic heterocycles. The molecule has 4 nitrogen and oxygen atoms in total. The normalized spacial score (nSPS) is 10.6. The van der Waals surface area contributed by atoms with Gasteiger partial charge in [-0.05, 0) is 31.2 Å². The highest BCUT2D eigenvalue weighted by molar-refractivity contribution is 7.99. The van der Waals surface area contributed by atoms with Crippen LogP contribution in [-0.4, -0.2) is 15.7 Å². The lowest BCUT2D eigenvalue weighted by Gasteiger charge is -2.11. The first-order valence-corrected chi connectivity index (χ1v) is 8.73. The van der Waals surface area contributed by atoms with Crippen molar-refractivity contribution in [2.24, 2.45) is 0 Å². The van der Waals surface area contributed by atoms with E-state index in [9.17, 15) is 4.79 Å². The SMILES string of the molecule is CCn1ncc(Cl)c1C(=O)Nc1ccccc1Sc1ccccc1. The summed E-state index contributed by atoms with van der Waals surface area (Å²) in [4.78, 5) is 14.7. The van der Waals surface area contributed by atoms with Gasteiger partial charge in [-0.2, -0.15) is 5.10 Å². The number of amides is 1. The van der Waals surface area contributed by atoms with Crippen molar-refractivity contribution >= 4 is 35.0 Å². The smallest absolute Gasteiger partial charge is 0.275 e. The van der Waals surface area contributed by atoms with E-state index in [0.29, 0.717) is 17.3 Å². The molecular weight excluding hydrogens is 342 g/mol. The summed E-state index contributed by atoms with van der Waals surface area (Å²) in [6, 6.07) is 17.7. The van der Waals surface area contributed by atoms with E-state index >= 15 is 0 Å². The molecule has 1 amide bonds. The minimum absolute atomic E-state index is 0.263. The van der Waals surface area contributed by atoms with Crippen molar-refractivity contribution in [1.29, 1.82) is 0 Å². The van der Waals surface area contributed by atoms with Crippen LogP contribution >= 0.6 is 23.4 Å². The number of para-hydroxylation sites is 1. The topological polar surface area (TPSA) is 46.9 Å². The number of hydrogen-bond acceptors (Lipinski definition) is 3. The lowest BCUT2D eigenvalue weighted by atomic mass is 10.3. The summed E-state index contributed by atoms with van der Waals surface area (Å²) in [5.74, 6) is -0.263. The summed E-state index contributed by atoms with van der Waals surface area (Å²) in [5.41, 5.74) is 1.12. The van der Waals surface area contributed by atoms with Gasteiger partial charge in [-0.1, -0.05) is 53.7 Å². The maximum absolute atomic E-state index is 12.6. The van der Waals surface area contributed by atoms with Crippen LogP contribution in [0.15, 0.2) is 70.6 Å². The zero-order valence-corrected chi connectivity index (χ0v) is 14.6. The molecule has 0 bridgehead atoms. The van der Waals surface area contributed by atoms with Gasteiger partial charge in [0, 0.05) is 16.3 Å². The number of halogens is 1. The van der Waals surface area contributed by atoms with Crippen molar-refractivity contribution in [3.8, 4) is 0 Å². The van der Waals surface area contributed by atoms with Crippen LogP contribution in [0.1, 0.15) is 17.4 Å². The third-order valence-corrected chi connectivity index (χ3v) is 4.78. The molecule has 2 aromatic carbocycles. The number of aromatic nitrogens is 2. The average molecular weight is 358 g/mol. The summed E-state index contributed by atoms with van der Waals surface area (Å²) in [7, 11) is 0. The first-order valence-electron chi connectivity index (χ1n) is 7.53. The molecule has 6 heteroatoms. The molecule has 1 heterocycles. The molecule has 3 rings (SSSR count). The molecule has 24 heavy (non-hydrogen) atoms. The highest BCUT2D eigenvalue weighted by Crippen LogP contribution is 2.33. The number of hydrogen-bond donors (Lipinski definition) is 1. The quantitative estimate of drug-likeness (QED) is 0.702. The lowest BCUT2D eigenvalue weighted by molar-refractivity contribution is 0.101. The molecule has 122 valence electrons. The minimum Gasteiger partial charge on any atom is -0.320 e. The van der Waals surface area contributed by atoms with Gasteiger partial charge < -0.3 is 5.32 Å². The number of benzene rings is 2. The molecule has 0 aliphatic heterocycles. The number of nitrogens with one attached hydrogen (secondary N) is 1. The monoisotopic (exact) mass is 357 g/mol. The van der Waals surface area contributed by atoms with Crippen LogP contribution in [0.3, 0.4) is 0 Å². The second-order valence-electron chi connectivity index (χ2n) is 5.02. The highest BCUT2D eigenvalue weighted by atomic mass is 35.5. The number of aryl methyl sites for hydroxylation is 1. The summed E-state index contributed by atoms with van der Waals surface area (Å²) in [6.45, 7) is 2.50. The average Bonchev–Trinajstić information content (AvgIpc) is 2.98. The Morgan fingerprint density at radius 1 is 1.17 bits per heavy atom. The molecule has 3 aromatic rings. The molecule has 1 N–H and O–H groups in total. The van der Waals surface area contributed by atoms with Gasteiger partial charge in [0.25, 0.3) is 5.91 Å². The Kier molecular flexibility index (Phi) is 5.23. The van der Waals surface area contributed by atoms with Gasteiger partial charge in [-0.25, -0.2) is 0 Å². The standard InChI is InChI=1S/C18H16ClN3OS/c1-2-22-17(14(19)12-20-22)18(23)21-15-10-6-7-11-16(15)24-13-8-4-3-5-9-13/h3-12H,2H2,1H3,(H,21,23). The number of anilines is 1. The van der Waals surface area contributed by atoms with Gasteiger partial charge in [0.15, 0.2) is 0 Å². The van der Waals surface area contributed by atoms with E-state index in [0.717, 1.165) is 15.5 Å². The van der Waals surface area contributed by atoms with Gasteiger partial charge in [-0.15, -0.1) is 0 Å². The van der Waals surface area contributed by atoms with Gasteiger partial charge in [0.2, 0.25) is 0 Å². The summed E-state index contributed by atoms with van der Waals surface area (Å²) < 4.78 is 1.59. The molecule has 0 aliphatic carbocycles. The fourth-order valence-corrected chi connectivity index (χ4v) is 3.43. The van der Waals surface area contributed by atoms with Crippen molar-refractivity contribution in [1.82, 2.24) is 9.78 Å². The predicted octanol–water partition coefficient (Wildman–Crippen LogP) is 4.96. The molecule has 0 spiro atoms. The van der Waals surface area contributed by atoms with Crippen LogP contribution in [0.25, 0.3) is 0 Å². The third kappa shape index (κ3) is 3.63. The van der Waals surface area contributed by atoms with Crippen LogP contribution in [0.4, 0.5) is 5.69 Å². The molecule has 0 saturated heterocycles. The number of nitrogens with zero attached hydrogens (tertiary/aromatic N) is 2. The van der Waals surface area contributed by atoms with Crippen molar-refractivity contribution in [3.05, 3.63) is 71.5 Å². The fourth-order valence-electron chi connectivity index (χ4n) is 2.28. The largest absolute Gasteiger partial charge is 0.320 e. The zero-order chi connectivity index (χ0) is 16.9. The van der Waals surface area contributed by atoms with Crippen molar-refractivity contribution in [2.75, 3.05) is 5.32 Å². The number of carbonyl (C=O) groups excluding carboxylic acids is 1. The second kappa shape index (κ2) is 7.55. The second-order valence-corrected chi connectivity index (χ2v) is 6.54. The Hall–Kier alpha value is -2.24. The first kappa shape index (κ1) is 16.6. The lowest BCUT2D eigenvalue weighted by Crippen LogP contribution is -2.18. The molecule has 0 aliphatic rings. The molecule has 0 atom stereocenters. The molecule has 0 saturated carbocycles. The van der Waals surface area contributed by atoms with E-state index in [1.165, 1.54) is 6.20 Å². The highest BCUT2D eigenvalue weighted by Gasteiger charge is 2.18. The molecule has 0 fully saturated rings. The van der Waals surface area contributed by atoms with Gasteiger partial charge in [0.05, 0.1) is 16.9 Å². The maximum atomic E-state index is 12.6. The third-order valence-electron chi connectivity index (χ3n) is 3.42. The van der Waals surface area contributed by atoms with Crippen LogP contribution in [0.2, 0.25) is 5.02 Å². The Morgan fingerprint density at radius 2 is 1.88 bits per heavy atom. The van der Waals surface area contributed by atoms with E-state index in [2.05, 4.69) is 10.4 Å². The number of carbonyl (C=O) groups is 1. The Bertz CT molecular complexity index is 848. The van der Waals surface area contributed by atoms with E-state index < -0.39 is 0 Å². The fraction of sp³-hybridized carbons (Fsp3) is 0.111. The summed E-state index contributed by atoms with van der Waals surface area (Å²) >= 11 is 7.70. The van der Waals surface area contributed by atoms with E-state index in [1.54, 1.807) is 16.4 Å². The maximum Gasteiger partial charge on any atom is 0.275 e. The van der Waals surface area contributed by atoms with E-state index in [1.807, 2.05) is 61.5 Å². The summed E-state index contributed by atoms with van der Waals surface area (Å²) in [5, 5.41) is 7.40. The predicted molar refractivity (Wildman–Crippen MR) is 97.9 cm³/mol. The van der Waals surface area contributed by atoms with E-state index in [4.69, 9.17) is 11.6 Å². The molecule has 0 unspecified atom stereocenters. The Balaban J connectivity index is 1.85. The zero-order valence-electron chi connectivity index (χ0n) is 13.1. The van der Waals surface area contributed by atoms with Gasteiger partial charge in [0.1, 0.15) is 5.69 Å². The van der Waals surface area contributed by atoms with Crippen LogP contribution in [0, 0.1) is 0 Å².